The lowest BCUT2D eigenvalue weighted by Gasteiger charge is -2.45. The lowest BCUT2D eigenvalue weighted by Crippen LogP contribution is -2.59. The van der Waals surface area contributed by atoms with Gasteiger partial charge in [0.15, 0.2) is 17.9 Å². The fourth-order valence-corrected chi connectivity index (χ4v) is 9.27. The molecule has 2 fully saturated rings. The van der Waals surface area contributed by atoms with E-state index in [1.165, 1.54) is 12.2 Å². The van der Waals surface area contributed by atoms with E-state index in [4.69, 9.17) is 24.7 Å². The largest absolute Gasteiger partial charge is 0.481 e. The van der Waals surface area contributed by atoms with Crippen molar-refractivity contribution < 1.29 is 89.5 Å². The van der Waals surface area contributed by atoms with Crippen LogP contribution < -0.4 is 5.73 Å². The monoisotopic (exact) mass is 1060 g/mol. The standard InChI is InChI=1S/C56H85NO18/c1-4-5-16-21-38(58)27-41(61)26-25-37(3)53-36(2)20-17-14-12-10-8-6-7-9-11-13-15-18-24-45(73-55-52(68)51(57)47(66)35-72-55)32-48-50(54(69)70)46(65)34-56(71,75-48)33-44(64)30-42(62)28-39(59)22-19-23-40(60)29-43(63)31-49(67)74-53/h4-18,20-21,24,36-37,39-48,50-53,55,59-66,68,71H,19,22-23,25-35,57H2,1-3H3,(H,69,70)/b5-4+,7-6-,10-8-,11-9+,14-12+,15-13+,20-17+,21-16+,24-18+/t36?,37?,39?,40?,41?,42?,43?,44?,45?,46?,47?,48-,50?,51-,52-,53?,55?,56?/m0/s1. The first kappa shape index (κ1) is 65.0. The molecule has 2 bridgehead atoms. The summed E-state index contributed by atoms with van der Waals surface area (Å²) in [6.07, 6.45) is 13.7. The molecule has 0 aromatic carbocycles. The third-order valence-electron chi connectivity index (χ3n) is 13.3. The quantitative estimate of drug-likeness (QED) is 0.0804. The van der Waals surface area contributed by atoms with Gasteiger partial charge in [-0.05, 0) is 70.3 Å². The average molecular weight is 1060 g/mol. The van der Waals surface area contributed by atoms with Crippen LogP contribution in [0.1, 0.15) is 104 Å². The molecule has 75 heavy (non-hydrogen) atoms. The molecule has 15 unspecified atom stereocenters. The number of carbonyl (C=O) groups excluding carboxylic acids is 2. The number of carboxylic acids is 1. The molecule has 13 N–H and O–H groups in total. The summed E-state index contributed by atoms with van der Waals surface area (Å²) < 4.78 is 23.4. The Morgan fingerprint density at radius 2 is 1.35 bits per heavy atom. The first-order valence-electron chi connectivity index (χ1n) is 26.1. The van der Waals surface area contributed by atoms with Crippen molar-refractivity contribution in [2.45, 2.75) is 196 Å². The number of carboxylic acid groups (broad SMARTS) is 1. The number of ether oxygens (including phenoxy) is 4. The summed E-state index contributed by atoms with van der Waals surface area (Å²) in [7, 11) is 0. The van der Waals surface area contributed by atoms with Crippen LogP contribution in [0.5, 0.6) is 0 Å². The van der Waals surface area contributed by atoms with E-state index in [1.807, 2.05) is 32.9 Å². The second-order valence-electron chi connectivity index (χ2n) is 20.1. The van der Waals surface area contributed by atoms with Crippen LogP contribution >= 0.6 is 0 Å². The highest BCUT2D eigenvalue weighted by molar-refractivity contribution is 5.90. The average Bonchev–Trinajstić information content (AvgIpc) is 3.31. The maximum Gasteiger partial charge on any atom is 0.311 e. The maximum atomic E-state index is 13.2. The van der Waals surface area contributed by atoms with Crippen molar-refractivity contribution in [3.05, 3.63) is 109 Å². The van der Waals surface area contributed by atoms with Crippen LogP contribution in [-0.4, -0.2) is 172 Å². The fraction of sp³-hybridized carbons (Fsp3) is 0.625. The van der Waals surface area contributed by atoms with Crippen LogP contribution in [0.3, 0.4) is 0 Å². The van der Waals surface area contributed by atoms with Gasteiger partial charge in [0.05, 0.1) is 80.1 Å². The van der Waals surface area contributed by atoms with E-state index in [2.05, 4.69) is 0 Å². The molecule has 18 atom stereocenters. The molecule has 0 saturated carbocycles. The zero-order chi connectivity index (χ0) is 55.5. The second kappa shape index (κ2) is 34.5. The number of carbonyl (C=O) groups is 3. The third kappa shape index (κ3) is 25.2. The van der Waals surface area contributed by atoms with Crippen LogP contribution in [0, 0.1) is 17.8 Å². The van der Waals surface area contributed by atoms with Crippen LogP contribution in [0.4, 0.5) is 0 Å². The molecule has 2 saturated heterocycles. The normalized spacial score (nSPS) is 39.1. The highest BCUT2D eigenvalue weighted by Gasteiger charge is 2.50. The third-order valence-corrected chi connectivity index (χ3v) is 13.3. The molecule has 3 heterocycles. The second-order valence-corrected chi connectivity index (χ2v) is 20.1. The van der Waals surface area contributed by atoms with Gasteiger partial charge in [-0.2, -0.15) is 0 Å². The molecule has 0 aromatic heterocycles. The summed E-state index contributed by atoms with van der Waals surface area (Å²) in [5, 5.41) is 118. The zero-order valence-corrected chi connectivity index (χ0v) is 43.5. The maximum absolute atomic E-state index is 13.2. The van der Waals surface area contributed by atoms with E-state index in [9.17, 15) is 70.6 Å². The lowest BCUT2D eigenvalue weighted by molar-refractivity contribution is -0.305. The summed E-state index contributed by atoms with van der Waals surface area (Å²) >= 11 is 0. The van der Waals surface area contributed by atoms with Gasteiger partial charge in [-0.3, -0.25) is 14.4 Å². The van der Waals surface area contributed by atoms with E-state index in [-0.39, 0.29) is 82.0 Å². The van der Waals surface area contributed by atoms with Crippen molar-refractivity contribution in [2.75, 3.05) is 6.61 Å². The van der Waals surface area contributed by atoms with Crippen molar-refractivity contribution in [1.29, 1.82) is 0 Å². The van der Waals surface area contributed by atoms with E-state index < -0.39 is 128 Å². The van der Waals surface area contributed by atoms with Crippen molar-refractivity contribution in [1.82, 2.24) is 0 Å². The Kier molecular flexibility index (Phi) is 29.9. The van der Waals surface area contributed by atoms with E-state index >= 15 is 0 Å². The molecule has 19 heteroatoms. The number of esters is 1. The minimum Gasteiger partial charge on any atom is -0.481 e. The van der Waals surface area contributed by atoms with Gasteiger partial charge >= 0.3 is 11.9 Å². The van der Waals surface area contributed by atoms with Gasteiger partial charge in [0.25, 0.3) is 0 Å². The van der Waals surface area contributed by atoms with Gasteiger partial charge in [-0.1, -0.05) is 117 Å². The molecule has 3 aliphatic rings. The van der Waals surface area contributed by atoms with Gasteiger partial charge < -0.3 is 80.9 Å². The number of fused-ring (bicyclic) bond motifs is 2. The topological polar surface area (TPSA) is 337 Å². The van der Waals surface area contributed by atoms with Gasteiger partial charge in [0, 0.05) is 31.6 Å². The number of nitrogens with two attached hydrogens (primary N) is 1. The molecule has 0 spiro atoms. The smallest absolute Gasteiger partial charge is 0.311 e. The van der Waals surface area contributed by atoms with Crippen LogP contribution in [0.2, 0.25) is 0 Å². The first-order chi connectivity index (χ1) is 35.6. The van der Waals surface area contributed by atoms with E-state index in [0.29, 0.717) is 6.42 Å². The Labute approximate surface area is 441 Å². The van der Waals surface area contributed by atoms with Crippen LogP contribution in [0.25, 0.3) is 0 Å². The predicted molar refractivity (Wildman–Crippen MR) is 279 cm³/mol. The number of cyclic esters (lactones) is 1. The number of aliphatic hydroxyl groups excluding tert-OH is 9. The predicted octanol–water partition coefficient (Wildman–Crippen LogP) is 2.96. The highest BCUT2D eigenvalue weighted by Crippen LogP contribution is 2.38. The van der Waals surface area contributed by atoms with Crippen molar-refractivity contribution in [3.63, 3.8) is 0 Å². The molecule has 3 aliphatic heterocycles. The molecule has 0 amide bonds. The molecule has 0 aliphatic carbocycles. The summed E-state index contributed by atoms with van der Waals surface area (Å²) in [5.74, 6) is -6.73. The van der Waals surface area contributed by atoms with E-state index in [0.717, 1.165) is 0 Å². The van der Waals surface area contributed by atoms with Crippen LogP contribution in [-0.2, 0) is 33.3 Å². The van der Waals surface area contributed by atoms with Gasteiger partial charge in [0.1, 0.15) is 18.1 Å². The molecule has 0 aromatic rings. The summed E-state index contributed by atoms with van der Waals surface area (Å²) in [6.45, 7) is 5.33. The number of allylic oxidation sites excluding steroid dienone is 16. The number of hydrogen-bond donors (Lipinski definition) is 12. The first-order valence-corrected chi connectivity index (χ1v) is 26.1. The molecular formula is C56H85NO18. The number of rotatable bonds is 11. The summed E-state index contributed by atoms with van der Waals surface area (Å²) in [4.78, 5) is 38.0. The highest BCUT2D eigenvalue weighted by atomic mass is 16.7. The number of hydrogen-bond acceptors (Lipinski definition) is 18. The Bertz CT molecular complexity index is 1980. The van der Waals surface area contributed by atoms with Crippen molar-refractivity contribution >= 4 is 17.7 Å². The molecule has 3 rings (SSSR count). The van der Waals surface area contributed by atoms with Crippen molar-refractivity contribution in [2.24, 2.45) is 23.5 Å². The Hall–Kier alpha value is -4.29. The van der Waals surface area contributed by atoms with Crippen LogP contribution in [0.15, 0.2) is 109 Å². The number of ketones is 1. The van der Waals surface area contributed by atoms with Gasteiger partial charge in [-0.15, -0.1) is 0 Å². The van der Waals surface area contributed by atoms with Gasteiger partial charge in [-0.25, -0.2) is 0 Å². The van der Waals surface area contributed by atoms with Crippen molar-refractivity contribution in [3.8, 4) is 0 Å². The summed E-state index contributed by atoms with van der Waals surface area (Å²) in [6, 6.07) is -1.13. The molecule has 0 radical (unpaired) electrons. The number of aliphatic carboxylic acids is 1. The Balaban J connectivity index is 1.84. The Morgan fingerprint density at radius 1 is 0.773 bits per heavy atom. The lowest BCUT2D eigenvalue weighted by atomic mass is 9.82. The van der Waals surface area contributed by atoms with Gasteiger partial charge in [0.2, 0.25) is 0 Å². The SMILES string of the molecule is C/C=C/C=C/C(=O)CC(O)CCC(C)C1OC(=O)CC(O)CC(O)CCCC(O)CC(O)CC(O)CC2(O)CC(O)C(C(=O)O)[C@H](CC(OC3OCC(O)[C@H](N)[C@@H]3O)/C=C/C=C/C=C/C=C\C=C/C=C/C=C/C1C)O2. The molecule has 19 nitrogen and oxygen atoms in total. The fourth-order valence-electron chi connectivity index (χ4n) is 9.27. The summed E-state index contributed by atoms with van der Waals surface area (Å²) in [5.41, 5.74) is 5.96. The zero-order valence-electron chi connectivity index (χ0n) is 43.5. The molecular weight excluding hydrogens is 975 g/mol. The number of aliphatic hydroxyl groups is 10. The minimum absolute atomic E-state index is 0.0548. The minimum atomic E-state index is -2.28. The Morgan fingerprint density at radius 3 is 1.95 bits per heavy atom. The molecule has 422 valence electrons. The van der Waals surface area contributed by atoms with E-state index in [1.54, 1.807) is 85.1 Å².